The number of ether oxygens (including phenoxy) is 1. The zero-order valence-corrected chi connectivity index (χ0v) is 18.2. The highest BCUT2D eigenvalue weighted by molar-refractivity contribution is 7.19. The lowest BCUT2D eigenvalue weighted by atomic mass is 9.86. The molecule has 0 spiro atoms. The van der Waals surface area contributed by atoms with E-state index in [1.807, 2.05) is 18.3 Å². The number of fused-ring (bicyclic) bond motifs is 6. The molecular formula is C23H22N6O2S. The molecule has 2 N–H and O–H groups in total. The fourth-order valence-electron chi connectivity index (χ4n) is 5.48. The van der Waals surface area contributed by atoms with Crippen LogP contribution in [-0.4, -0.2) is 56.3 Å². The van der Waals surface area contributed by atoms with Crippen LogP contribution in [0.1, 0.15) is 23.3 Å². The Bertz CT molecular complexity index is 1360. The topological polar surface area (TPSA) is 96.0 Å². The van der Waals surface area contributed by atoms with Crippen LogP contribution < -0.4 is 5.32 Å². The van der Waals surface area contributed by atoms with E-state index in [0.29, 0.717) is 12.5 Å². The number of aryl methyl sites for hydroxylation is 1. The molecule has 1 aromatic carbocycles. The molecule has 2 bridgehead atoms. The summed E-state index contributed by atoms with van der Waals surface area (Å²) < 4.78 is 5.68. The van der Waals surface area contributed by atoms with Crippen LogP contribution in [0, 0.1) is 5.92 Å². The number of likely N-dealkylation sites (tertiary alicyclic amines) is 1. The zero-order valence-electron chi connectivity index (χ0n) is 17.4. The highest BCUT2D eigenvalue weighted by Crippen LogP contribution is 2.41. The fourth-order valence-corrected chi connectivity index (χ4v) is 6.74. The number of carbonyl (C=O) groups excluding carboxylic acids is 1. The van der Waals surface area contributed by atoms with Gasteiger partial charge in [0.15, 0.2) is 0 Å². The predicted molar refractivity (Wildman–Crippen MR) is 122 cm³/mol. The number of carbonyl (C=O) groups is 1. The first-order valence-corrected chi connectivity index (χ1v) is 11.9. The summed E-state index contributed by atoms with van der Waals surface area (Å²) in [6, 6.07) is 6.38. The summed E-state index contributed by atoms with van der Waals surface area (Å²) in [5.41, 5.74) is 3.27. The number of hydrogen-bond acceptors (Lipinski definition) is 7. The number of H-pyrrole nitrogens is 1. The van der Waals surface area contributed by atoms with Crippen LogP contribution >= 0.6 is 11.3 Å². The average molecular weight is 447 g/mol. The van der Waals surface area contributed by atoms with Crippen LogP contribution in [0.3, 0.4) is 0 Å². The number of aromatic nitrogens is 4. The Hall–Kier alpha value is -3.04. The van der Waals surface area contributed by atoms with Crippen molar-refractivity contribution in [3.63, 3.8) is 0 Å². The molecule has 2 fully saturated rings. The van der Waals surface area contributed by atoms with Crippen LogP contribution in [0.2, 0.25) is 0 Å². The number of nitrogens with zero attached hydrogens (tertiary/aromatic N) is 4. The van der Waals surface area contributed by atoms with Crippen LogP contribution in [0.5, 0.6) is 0 Å². The predicted octanol–water partition coefficient (Wildman–Crippen LogP) is 3.42. The molecule has 3 aromatic heterocycles. The number of nitrogens with one attached hydrogen (secondary N) is 2. The van der Waals surface area contributed by atoms with Gasteiger partial charge in [-0.05, 0) is 49.4 Å². The van der Waals surface area contributed by atoms with E-state index in [1.165, 1.54) is 10.4 Å². The number of morpholine rings is 1. The van der Waals surface area contributed by atoms with Crippen LogP contribution in [0.25, 0.3) is 21.1 Å². The van der Waals surface area contributed by atoms with Crippen LogP contribution in [0.4, 0.5) is 11.5 Å². The van der Waals surface area contributed by atoms with Gasteiger partial charge in [0.25, 0.3) is 0 Å². The number of hydrogen-bond donors (Lipinski definition) is 2. The van der Waals surface area contributed by atoms with Gasteiger partial charge in [-0.2, -0.15) is 5.10 Å². The molecule has 2 aliphatic heterocycles. The van der Waals surface area contributed by atoms with E-state index < -0.39 is 0 Å². The molecule has 3 aliphatic rings. The summed E-state index contributed by atoms with van der Waals surface area (Å²) in [5.74, 6) is 1.19. The SMILES string of the molecule is O=C([C@H]1CCc2c(sc3ncnc(Nc4ccc5[nH]ncc5c4)c23)C1)N1C[C@H]2C[C@@H]1CO2. The van der Waals surface area contributed by atoms with Gasteiger partial charge in [-0.15, -0.1) is 11.3 Å². The normalized spacial score (nSPS) is 24.4. The maximum atomic E-state index is 13.2. The van der Waals surface area contributed by atoms with Crippen molar-refractivity contribution in [1.29, 1.82) is 0 Å². The third kappa shape index (κ3) is 2.84. The Morgan fingerprint density at radius 2 is 2.28 bits per heavy atom. The highest BCUT2D eigenvalue weighted by atomic mass is 32.1. The summed E-state index contributed by atoms with van der Waals surface area (Å²) in [4.78, 5) is 26.7. The minimum atomic E-state index is 0.0581. The lowest BCUT2D eigenvalue weighted by Gasteiger charge is -2.32. The zero-order chi connectivity index (χ0) is 21.2. The molecule has 0 unspecified atom stereocenters. The summed E-state index contributed by atoms with van der Waals surface area (Å²) in [7, 11) is 0. The van der Waals surface area contributed by atoms with Crippen molar-refractivity contribution in [2.45, 2.75) is 37.8 Å². The first-order valence-electron chi connectivity index (χ1n) is 11.1. The molecule has 9 heteroatoms. The maximum absolute atomic E-state index is 13.2. The van der Waals surface area contributed by atoms with Crippen molar-refractivity contribution >= 4 is 49.9 Å². The molecule has 1 amide bonds. The second-order valence-electron chi connectivity index (χ2n) is 8.98. The Balaban J connectivity index is 1.18. The minimum Gasteiger partial charge on any atom is -0.374 e. The number of thiophene rings is 1. The van der Waals surface area contributed by atoms with Crippen LogP contribution in [-0.2, 0) is 22.4 Å². The molecule has 32 heavy (non-hydrogen) atoms. The molecule has 0 radical (unpaired) electrons. The van der Waals surface area contributed by atoms with Crippen LogP contribution in [0.15, 0.2) is 30.7 Å². The van der Waals surface area contributed by atoms with Gasteiger partial charge >= 0.3 is 0 Å². The van der Waals surface area contributed by atoms with Gasteiger partial charge in [0, 0.05) is 28.4 Å². The quantitative estimate of drug-likeness (QED) is 0.501. The van der Waals surface area contributed by atoms with Gasteiger partial charge in [0.2, 0.25) is 5.91 Å². The molecule has 2 saturated heterocycles. The van der Waals surface area contributed by atoms with E-state index in [9.17, 15) is 4.79 Å². The Labute approximate surface area is 188 Å². The Morgan fingerprint density at radius 1 is 1.31 bits per heavy atom. The molecule has 162 valence electrons. The smallest absolute Gasteiger partial charge is 0.226 e. The highest BCUT2D eigenvalue weighted by Gasteiger charge is 2.43. The van der Waals surface area contributed by atoms with Gasteiger partial charge in [-0.1, -0.05) is 0 Å². The largest absolute Gasteiger partial charge is 0.374 e. The van der Waals surface area contributed by atoms with Gasteiger partial charge < -0.3 is 15.0 Å². The lowest BCUT2D eigenvalue weighted by molar-refractivity contribution is -0.140. The van der Waals surface area contributed by atoms with Gasteiger partial charge in [-0.25, -0.2) is 9.97 Å². The van der Waals surface area contributed by atoms with E-state index in [4.69, 9.17) is 4.74 Å². The summed E-state index contributed by atoms with van der Waals surface area (Å²) in [6.45, 7) is 1.46. The molecule has 3 atom stereocenters. The third-order valence-corrected chi connectivity index (χ3v) is 8.24. The van der Waals surface area contributed by atoms with Crippen molar-refractivity contribution in [1.82, 2.24) is 25.1 Å². The number of benzene rings is 1. The number of anilines is 2. The Kier molecular flexibility index (Phi) is 4.04. The molecule has 4 aromatic rings. The van der Waals surface area contributed by atoms with Crippen molar-refractivity contribution in [3.05, 3.63) is 41.2 Å². The standard InChI is InChI=1S/C23H22N6O2S/c30-23(29-9-16-7-15(29)10-31-16)12-1-3-17-19(6-12)32-22-20(17)21(24-11-25-22)27-14-2-4-18-13(5-14)8-26-28-18/h2,4-5,8,11-12,15-16H,1,3,6-7,9-10H2,(H,26,28)(H,24,25,27)/t12-,15+,16+/m0/s1. The number of rotatable bonds is 3. The van der Waals surface area contributed by atoms with E-state index in [1.54, 1.807) is 17.7 Å². The summed E-state index contributed by atoms with van der Waals surface area (Å²) in [5, 5.41) is 12.7. The van der Waals surface area contributed by atoms with Crippen molar-refractivity contribution in [2.24, 2.45) is 5.92 Å². The van der Waals surface area contributed by atoms with E-state index in [-0.39, 0.29) is 18.1 Å². The maximum Gasteiger partial charge on any atom is 0.226 e. The minimum absolute atomic E-state index is 0.0581. The molecular weight excluding hydrogens is 424 g/mol. The Morgan fingerprint density at radius 3 is 3.16 bits per heavy atom. The first kappa shape index (κ1) is 18.5. The van der Waals surface area contributed by atoms with Crippen molar-refractivity contribution in [3.8, 4) is 0 Å². The lowest BCUT2D eigenvalue weighted by Crippen LogP contribution is -2.45. The summed E-state index contributed by atoms with van der Waals surface area (Å²) in [6.07, 6.45) is 7.24. The number of aromatic amines is 1. The average Bonchev–Trinajstić information content (AvgIpc) is 3.60. The van der Waals surface area contributed by atoms with E-state index in [0.717, 1.165) is 64.9 Å². The van der Waals surface area contributed by atoms with E-state index in [2.05, 4.69) is 36.4 Å². The van der Waals surface area contributed by atoms with E-state index >= 15 is 0 Å². The monoisotopic (exact) mass is 446 g/mol. The third-order valence-electron chi connectivity index (χ3n) is 7.08. The number of amides is 1. The second-order valence-corrected chi connectivity index (χ2v) is 10.1. The summed E-state index contributed by atoms with van der Waals surface area (Å²) >= 11 is 1.71. The van der Waals surface area contributed by atoms with Gasteiger partial charge in [0.1, 0.15) is 17.0 Å². The molecule has 1 aliphatic carbocycles. The first-order chi connectivity index (χ1) is 15.7. The van der Waals surface area contributed by atoms with Gasteiger partial charge in [-0.3, -0.25) is 9.89 Å². The molecule has 5 heterocycles. The van der Waals surface area contributed by atoms with Gasteiger partial charge in [0.05, 0.1) is 35.9 Å². The molecule has 7 rings (SSSR count). The second kappa shape index (κ2) is 6.98. The molecule has 8 nitrogen and oxygen atoms in total. The molecule has 0 saturated carbocycles. The van der Waals surface area contributed by atoms with Crippen molar-refractivity contribution in [2.75, 3.05) is 18.5 Å². The fraction of sp³-hybridized carbons (Fsp3) is 0.391. The van der Waals surface area contributed by atoms with Crippen molar-refractivity contribution < 1.29 is 9.53 Å².